The van der Waals surface area contributed by atoms with Gasteiger partial charge in [-0.2, -0.15) is 0 Å². The van der Waals surface area contributed by atoms with Gasteiger partial charge in [-0.25, -0.2) is 0 Å². The summed E-state index contributed by atoms with van der Waals surface area (Å²) in [7, 11) is 0. The van der Waals surface area contributed by atoms with E-state index in [-0.39, 0.29) is 0 Å². The summed E-state index contributed by atoms with van der Waals surface area (Å²) in [6, 6.07) is 18.3. The van der Waals surface area contributed by atoms with Crippen molar-refractivity contribution in [3.05, 3.63) is 65.7 Å². The zero-order chi connectivity index (χ0) is 14.6. The third kappa shape index (κ3) is 3.40. The van der Waals surface area contributed by atoms with Gasteiger partial charge in [0.2, 0.25) is 0 Å². The molecule has 0 aliphatic heterocycles. The lowest BCUT2D eigenvalue weighted by Crippen LogP contribution is -2.39. The van der Waals surface area contributed by atoms with Crippen LogP contribution in [-0.4, -0.2) is 18.2 Å². The number of likely N-dealkylation sites (N-methyl/N-ethyl adjacent to an activating group) is 1. The zero-order valence-corrected chi connectivity index (χ0v) is 12.5. The van der Waals surface area contributed by atoms with Crippen LogP contribution in [0.15, 0.2) is 54.6 Å². The first-order valence-corrected chi connectivity index (χ1v) is 7.12. The van der Waals surface area contributed by atoms with Crippen molar-refractivity contribution in [1.82, 2.24) is 0 Å². The van der Waals surface area contributed by atoms with Crippen LogP contribution in [0.1, 0.15) is 25.0 Å². The largest absolute Gasteiger partial charge is 0.384 e. The number of anilines is 1. The van der Waals surface area contributed by atoms with Gasteiger partial charge in [0.1, 0.15) is 5.60 Å². The smallest absolute Gasteiger partial charge is 0.104 e. The van der Waals surface area contributed by atoms with E-state index in [0.29, 0.717) is 6.54 Å². The lowest BCUT2D eigenvalue weighted by molar-refractivity contribution is 0.0646. The topological polar surface area (TPSA) is 23.5 Å². The summed E-state index contributed by atoms with van der Waals surface area (Å²) in [6.07, 6.45) is 0. The van der Waals surface area contributed by atoms with Crippen LogP contribution in [0.25, 0.3) is 0 Å². The van der Waals surface area contributed by atoms with Gasteiger partial charge < -0.3 is 10.0 Å². The van der Waals surface area contributed by atoms with E-state index < -0.39 is 5.60 Å². The van der Waals surface area contributed by atoms with Crippen LogP contribution >= 0.6 is 0 Å². The van der Waals surface area contributed by atoms with Crippen molar-refractivity contribution >= 4 is 5.69 Å². The fourth-order valence-electron chi connectivity index (χ4n) is 2.40. The number of benzene rings is 2. The second kappa shape index (κ2) is 6.10. The van der Waals surface area contributed by atoms with Gasteiger partial charge >= 0.3 is 0 Å². The molecule has 0 aliphatic rings. The number of hydrogen-bond acceptors (Lipinski definition) is 2. The van der Waals surface area contributed by atoms with E-state index in [1.54, 1.807) is 0 Å². The van der Waals surface area contributed by atoms with Crippen molar-refractivity contribution < 1.29 is 5.11 Å². The van der Waals surface area contributed by atoms with Gasteiger partial charge in [-0.1, -0.05) is 48.0 Å². The average Bonchev–Trinajstić information content (AvgIpc) is 2.46. The molecule has 0 bridgehead atoms. The van der Waals surface area contributed by atoms with Crippen molar-refractivity contribution in [2.45, 2.75) is 26.4 Å². The number of aliphatic hydroxyl groups is 1. The van der Waals surface area contributed by atoms with Gasteiger partial charge in [-0.15, -0.1) is 0 Å². The molecule has 20 heavy (non-hydrogen) atoms. The molecule has 0 heterocycles. The molecule has 0 saturated carbocycles. The first-order valence-electron chi connectivity index (χ1n) is 7.12. The first kappa shape index (κ1) is 14.6. The van der Waals surface area contributed by atoms with Gasteiger partial charge in [0.25, 0.3) is 0 Å². The molecule has 1 N–H and O–H groups in total. The monoisotopic (exact) mass is 269 g/mol. The van der Waals surface area contributed by atoms with Crippen molar-refractivity contribution in [2.75, 3.05) is 18.0 Å². The predicted molar refractivity (Wildman–Crippen MR) is 85.1 cm³/mol. The Hall–Kier alpha value is -1.80. The SMILES string of the molecule is CCN(CC(C)(O)c1ccc(C)cc1)c1ccccc1. The van der Waals surface area contributed by atoms with Gasteiger partial charge in [-0.05, 0) is 38.5 Å². The number of rotatable bonds is 5. The third-order valence-corrected chi connectivity index (χ3v) is 3.68. The van der Waals surface area contributed by atoms with Gasteiger partial charge in [0.05, 0.1) is 6.54 Å². The Kier molecular flexibility index (Phi) is 4.46. The molecule has 2 nitrogen and oxygen atoms in total. The van der Waals surface area contributed by atoms with Crippen LogP contribution in [0.4, 0.5) is 5.69 Å². The minimum atomic E-state index is -0.862. The molecule has 2 aromatic carbocycles. The van der Waals surface area contributed by atoms with E-state index >= 15 is 0 Å². The Morgan fingerprint density at radius 1 is 1.00 bits per heavy atom. The minimum absolute atomic E-state index is 0.580. The Morgan fingerprint density at radius 3 is 2.15 bits per heavy atom. The Morgan fingerprint density at radius 2 is 1.60 bits per heavy atom. The van der Waals surface area contributed by atoms with E-state index in [2.05, 4.69) is 30.9 Å². The van der Waals surface area contributed by atoms with E-state index in [9.17, 15) is 5.11 Å². The summed E-state index contributed by atoms with van der Waals surface area (Å²) in [4.78, 5) is 2.19. The summed E-state index contributed by atoms with van der Waals surface area (Å²) in [5.41, 5.74) is 2.44. The molecular formula is C18H23NO. The van der Waals surface area contributed by atoms with E-state index in [1.165, 1.54) is 5.56 Å². The summed E-state index contributed by atoms with van der Waals surface area (Å²) in [5, 5.41) is 10.8. The summed E-state index contributed by atoms with van der Waals surface area (Å²) in [5.74, 6) is 0. The number of nitrogens with zero attached hydrogens (tertiary/aromatic N) is 1. The maximum absolute atomic E-state index is 10.8. The molecule has 0 aromatic heterocycles. The summed E-state index contributed by atoms with van der Waals surface area (Å²) in [6.45, 7) is 7.49. The quantitative estimate of drug-likeness (QED) is 0.894. The number of hydrogen-bond donors (Lipinski definition) is 1. The van der Waals surface area contributed by atoms with Crippen molar-refractivity contribution in [3.63, 3.8) is 0 Å². The summed E-state index contributed by atoms with van der Waals surface area (Å²) < 4.78 is 0. The van der Waals surface area contributed by atoms with E-state index in [1.807, 2.05) is 49.4 Å². The second-order valence-corrected chi connectivity index (χ2v) is 5.49. The Labute approximate surface area is 121 Å². The normalized spacial score (nSPS) is 13.8. The molecule has 0 aliphatic carbocycles. The summed E-state index contributed by atoms with van der Waals surface area (Å²) >= 11 is 0. The zero-order valence-electron chi connectivity index (χ0n) is 12.5. The lowest BCUT2D eigenvalue weighted by atomic mass is 9.94. The van der Waals surface area contributed by atoms with Crippen LogP contribution in [0.5, 0.6) is 0 Å². The first-order chi connectivity index (χ1) is 9.53. The van der Waals surface area contributed by atoms with Gasteiger partial charge in [-0.3, -0.25) is 0 Å². The molecule has 1 unspecified atom stereocenters. The maximum Gasteiger partial charge on any atom is 0.104 e. The highest BCUT2D eigenvalue weighted by Gasteiger charge is 2.25. The van der Waals surface area contributed by atoms with Crippen LogP contribution < -0.4 is 4.90 Å². The predicted octanol–water partition coefficient (Wildman–Crippen LogP) is 3.73. The third-order valence-electron chi connectivity index (χ3n) is 3.68. The van der Waals surface area contributed by atoms with Crippen molar-refractivity contribution in [3.8, 4) is 0 Å². The fourth-order valence-corrected chi connectivity index (χ4v) is 2.40. The number of para-hydroxylation sites is 1. The number of aryl methyl sites for hydroxylation is 1. The molecule has 2 rings (SSSR count). The lowest BCUT2D eigenvalue weighted by Gasteiger charge is -2.33. The second-order valence-electron chi connectivity index (χ2n) is 5.49. The molecule has 2 heteroatoms. The standard InChI is InChI=1S/C18H23NO/c1-4-19(17-8-6-5-7-9-17)14-18(3,20)16-12-10-15(2)11-13-16/h5-13,20H,4,14H2,1-3H3. The maximum atomic E-state index is 10.8. The average molecular weight is 269 g/mol. The molecule has 1 atom stereocenters. The Bertz CT molecular complexity index is 531. The molecule has 0 spiro atoms. The molecule has 106 valence electrons. The van der Waals surface area contributed by atoms with Crippen molar-refractivity contribution in [1.29, 1.82) is 0 Å². The van der Waals surface area contributed by atoms with Crippen molar-refractivity contribution in [2.24, 2.45) is 0 Å². The van der Waals surface area contributed by atoms with Gasteiger partial charge in [0, 0.05) is 12.2 Å². The highest BCUT2D eigenvalue weighted by molar-refractivity contribution is 5.46. The fraction of sp³-hybridized carbons (Fsp3) is 0.333. The Balaban J connectivity index is 2.19. The molecule has 0 radical (unpaired) electrons. The molecule has 0 fully saturated rings. The molecule has 0 saturated heterocycles. The van der Waals surface area contributed by atoms with Crippen LogP contribution in [0.3, 0.4) is 0 Å². The van der Waals surface area contributed by atoms with Crippen LogP contribution in [0, 0.1) is 6.92 Å². The molecule has 0 amide bonds. The molecule has 2 aromatic rings. The highest BCUT2D eigenvalue weighted by Crippen LogP contribution is 2.25. The minimum Gasteiger partial charge on any atom is -0.384 e. The molecular weight excluding hydrogens is 246 g/mol. The van der Waals surface area contributed by atoms with Gasteiger partial charge in [0.15, 0.2) is 0 Å². The van der Waals surface area contributed by atoms with E-state index in [4.69, 9.17) is 0 Å². The highest BCUT2D eigenvalue weighted by atomic mass is 16.3. The van der Waals surface area contributed by atoms with Crippen LogP contribution in [0.2, 0.25) is 0 Å². The van der Waals surface area contributed by atoms with Crippen LogP contribution in [-0.2, 0) is 5.60 Å². The van der Waals surface area contributed by atoms with E-state index in [0.717, 1.165) is 17.8 Å².